The van der Waals surface area contributed by atoms with Gasteiger partial charge in [-0.1, -0.05) is 36.4 Å². The first-order chi connectivity index (χ1) is 15.5. The number of rotatable bonds is 11. The van der Waals surface area contributed by atoms with Crippen molar-refractivity contribution < 1.29 is 28.6 Å². The van der Waals surface area contributed by atoms with Crippen LogP contribution in [0.15, 0.2) is 48.5 Å². The van der Waals surface area contributed by atoms with Gasteiger partial charge in [0.15, 0.2) is 6.10 Å². The molecule has 7 heteroatoms. The molecule has 0 aliphatic heterocycles. The van der Waals surface area contributed by atoms with Crippen molar-refractivity contribution in [1.29, 1.82) is 0 Å². The highest BCUT2D eigenvalue weighted by atomic mass is 19.1. The fourth-order valence-corrected chi connectivity index (χ4v) is 3.24. The molecule has 0 saturated heterocycles. The van der Waals surface area contributed by atoms with E-state index in [9.17, 15) is 19.1 Å². The Balaban J connectivity index is 2.04. The van der Waals surface area contributed by atoms with Gasteiger partial charge in [-0.15, -0.1) is 0 Å². The van der Waals surface area contributed by atoms with Crippen molar-refractivity contribution in [3.05, 3.63) is 70.8 Å². The molecule has 1 atom stereocenters. The molecule has 6 nitrogen and oxygen atoms in total. The summed E-state index contributed by atoms with van der Waals surface area (Å²) in [6.45, 7) is 6.77. The van der Waals surface area contributed by atoms with Gasteiger partial charge in [0, 0.05) is 24.6 Å². The number of alkyl halides is 1. The van der Waals surface area contributed by atoms with Crippen molar-refractivity contribution in [2.45, 2.75) is 58.5 Å². The Hall–Kier alpha value is -3.19. The first-order valence-corrected chi connectivity index (χ1v) is 10.8. The van der Waals surface area contributed by atoms with Gasteiger partial charge in [0.2, 0.25) is 5.91 Å². The predicted molar refractivity (Wildman–Crippen MR) is 126 cm³/mol. The Labute approximate surface area is 194 Å². The molecule has 0 aromatic heterocycles. The van der Waals surface area contributed by atoms with E-state index in [4.69, 9.17) is 9.47 Å². The summed E-state index contributed by atoms with van der Waals surface area (Å²) in [6, 6.07) is 12.2. The van der Waals surface area contributed by atoms with Gasteiger partial charge in [-0.25, -0.2) is 9.18 Å². The van der Waals surface area contributed by atoms with E-state index >= 15 is 0 Å². The number of hydrogen-bond acceptors (Lipinski definition) is 4. The van der Waals surface area contributed by atoms with Gasteiger partial charge in [0.25, 0.3) is 0 Å². The van der Waals surface area contributed by atoms with Crippen LogP contribution < -0.4 is 10.1 Å². The number of amides is 1. The molecule has 0 bridgehead atoms. The molecule has 2 rings (SSSR count). The summed E-state index contributed by atoms with van der Waals surface area (Å²) < 4.78 is 24.8. The Morgan fingerprint density at radius 3 is 2.36 bits per heavy atom. The molecule has 0 spiro atoms. The van der Waals surface area contributed by atoms with E-state index in [2.05, 4.69) is 5.32 Å². The second kappa shape index (κ2) is 11.6. The van der Waals surface area contributed by atoms with Crippen molar-refractivity contribution in [2.24, 2.45) is 0 Å². The van der Waals surface area contributed by atoms with Crippen molar-refractivity contribution >= 4 is 18.0 Å². The monoisotopic (exact) mass is 457 g/mol. The van der Waals surface area contributed by atoms with Gasteiger partial charge in [-0.05, 0) is 56.5 Å². The number of hydrogen-bond donors (Lipinski definition) is 2. The minimum Gasteiger partial charge on any atom is -0.496 e. The highest BCUT2D eigenvalue weighted by molar-refractivity contribution is 5.91. The van der Waals surface area contributed by atoms with Gasteiger partial charge in [-0.2, -0.15) is 0 Å². The molecule has 0 aliphatic rings. The second-order valence-corrected chi connectivity index (χ2v) is 8.51. The van der Waals surface area contributed by atoms with Gasteiger partial charge >= 0.3 is 5.97 Å². The van der Waals surface area contributed by atoms with Gasteiger partial charge in [-0.3, -0.25) is 4.79 Å². The molecule has 0 fully saturated rings. The highest BCUT2D eigenvalue weighted by Gasteiger charge is 2.21. The van der Waals surface area contributed by atoms with Crippen molar-refractivity contribution in [3.8, 4) is 5.75 Å². The van der Waals surface area contributed by atoms with Crippen LogP contribution in [0.1, 0.15) is 49.9 Å². The zero-order chi connectivity index (χ0) is 24.6. The van der Waals surface area contributed by atoms with Crippen LogP contribution >= 0.6 is 0 Å². The van der Waals surface area contributed by atoms with E-state index in [1.165, 1.54) is 27.0 Å². The molecule has 0 saturated carbocycles. The number of carboxylic acid groups (broad SMARTS) is 1. The summed E-state index contributed by atoms with van der Waals surface area (Å²) in [5.41, 5.74) is 1.42. The summed E-state index contributed by atoms with van der Waals surface area (Å²) in [4.78, 5) is 23.8. The van der Waals surface area contributed by atoms with Crippen molar-refractivity contribution in [2.75, 3.05) is 7.11 Å². The average Bonchev–Trinajstić information content (AvgIpc) is 2.75. The normalized spacial score (nSPS) is 12.7. The van der Waals surface area contributed by atoms with Crippen LogP contribution in [0.3, 0.4) is 0 Å². The molecule has 1 amide bonds. The molecular formula is C26H32FNO5. The molecule has 2 aromatic rings. The molecule has 1 unspecified atom stereocenters. The Morgan fingerprint density at radius 1 is 1.15 bits per heavy atom. The lowest BCUT2D eigenvalue weighted by molar-refractivity contribution is -0.153. The van der Waals surface area contributed by atoms with E-state index < -0.39 is 17.7 Å². The minimum absolute atomic E-state index is 0.198. The quantitative estimate of drug-likeness (QED) is 0.480. The Morgan fingerprint density at radius 2 is 1.82 bits per heavy atom. The second-order valence-electron chi connectivity index (χ2n) is 8.51. The van der Waals surface area contributed by atoms with Crippen LogP contribution in [-0.4, -0.2) is 36.3 Å². The number of benzene rings is 2. The summed E-state index contributed by atoms with van der Waals surface area (Å²) in [6.07, 6.45) is 2.08. The molecule has 178 valence electrons. The van der Waals surface area contributed by atoms with Gasteiger partial charge < -0.3 is 19.9 Å². The molecule has 0 radical (unpaired) electrons. The van der Waals surface area contributed by atoms with Crippen LogP contribution in [0.25, 0.3) is 6.08 Å². The predicted octanol–water partition coefficient (Wildman–Crippen LogP) is 4.65. The number of ether oxygens (including phenoxy) is 2. The number of aliphatic carboxylic acids is 1. The maximum Gasteiger partial charge on any atom is 0.333 e. The Kier molecular flexibility index (Phi) is 9.17. The number of halogens is 1. The summed E-state index contributed by atoms with van der Waals surface area (Å²) in [5.74, 6) is -0.740. The van der Waals surface area contributed by atoms with Gasteiger partial charge in [0.1, 0.15) is 11.4 Å². The van der Waals surface area contributed by atoms with Crippen LogP contribution in [0.2, 0.25) is 0 Å². The van der Waals surface area contributed by atoms with E-state index in [-0.39, 0.29) is 25.0 Å². The van der Waals surface area contributed by atoms with E-state index in [0.717, 1.165) is 16.7 Å². The first-order valence-electron chi connectivity index (χ1n) is 10.8. The molecule has 2 aromatic carbocycles. The lowest BCUT2D eigenvalue weighted by atomic mass is 9.99. The molecular weight excluding hydrogens is 425 g/mol. The Bertz CT molecular complexity index is 977. The fraction of sp³-hybridized carbons (Fsp3) is 0.385. The third-order valence-electron chi connectivity index (χ3n) is 4.96. The van der Waals surface area contributed by atoms with Crippen molar-refractivity contribution in [3.63, 3.8) is 0 Å². The smallest absolute Gasteiger partial charge is 0.333 e. The van der Waals surface area contributed by atoms with Crippen LogP contribution in [0, 0.1) is 0 Å². The number of methoxy groups -OCH3 is 1. The topological polar surface area (TPSA) is 84.9 Å². The summed E-state index contributed by atoms with van der Waals surface area (Å²) >= 11 is 0. The van der Waals surface area contributed by atoms with E-state index in [0.29, 0.717) is 11.3 Å². The molecule has 33 heavy (non-hydrogen) atoms. The maximum atomic E-state index is 14.0. The molecule has 2 N–H and O–H groups in total. The lowest BCUT2D eigenvalue weighted by Crippen LogP contribution is -2.29. The summed E-state index contributed by atoms with van der Waals surface area (Å²) in [5, 5.41) is 12.2. The average molecular weight is 458 g/mol. The third-order valence-corrected chi connectivity index (χ3v) is 4.96. The lowest BCUT2D eigenvalue weighted by Gasteiger charge is -2.17. The first kappa shape index (κ1) is 26.1. The number of carbonyl (C=O) groups excluding carboxylic acids is 1. The highest BCUT2D eigenvalue weighted by Crippen LogP contribution is 2.25. The van der Waals surface area contributed by atoms with Crippen LogP contribution in [-0.2, 0) is 33.0 Å². The van der Waals surface area contributed by atoms with Gasteiger partial charge in [0.05, 0.1) is 13.2 Å². The van der Waals surface area contributed by atoms with Crippen molar-refractivity contribution in [1.82, 2.24) is 5.32 Å². The largest absolute Gasteiger partial charge is 0.496 e. The minimum atomic E-state index is -1.42. The fourth-order valence-electron chi connectivity index (χ4n) is 3.24. The van der Waals surface area contributed by atoms with Crippen LogP contribution in [0.5, 0.6) is 5.75 Å². The maximum absolute atomic E-state index is 14.0. The zero-order valence-electron chi connectivity index (χ0n) is 19.7. The number of nitrogens with one attached hydrogen (secondary N) is 1. The number of carboxylic acids is 1. The molecule has 0 aliphatic carbocycles. The molecule has 0 heterocycles. The standard InChI is InChI=1S/C26H32FNO5/c1-17(2)33-23(25(30)31)15-19-8-12-22(32-5)20(14-19)16-28-24(29)13-9-18-6-10-21(11-7-18)26(3,4)27/h6-14,17,23H,15-16H2,1-5H3,(H,28,29)(H,30,31)/b13-9+. The van der Waals surface area contributed by atoms with Crippen LogP contribution in [0.4, 0.5) is 4.39 Å². The number of carbonyl (C=O) groups is 2. The zero-order valence-corrected chi connectivity index (χ0v) is 19.7. The SMILES string of the molecule is COc1ccc(CC(OC(C)C)C(=O)O)cc1CNC(=O)/C=C/c1ccc(C(C)(C)F)cc1. The van der Waals surface area contributed by atoms with E-state index in [1.807, 2.05) is 0 Å². The third kappa shape index (κ3) is 8.35. The summed E-state index contributed by atoms with van der Waals surface area (Å²) in [7, 11) is 1.53. The van der Waals surface area contributed by atoms with E-state index in [1.54, 1.807) is 62.4 Å².